The molecule has 0 rings (SSSR count). The lowest BCUT2D eigenvalue weighted by atomic mass is 11.6. The first-order chi connectivity index (χ1) is 2.91. The maximum Gasteiger partial charge on any atom is 0.315 e. The average molecular weight is 91.1 g/mol. The first-order valence-corrected chi connectivity index (χ1v) is 1.29. The molecule has 0 spiro atoms. The topological polar surface area (TPSA) is 47.6 Å². The highest BCUT2D eigenvalue weighted by molar-refractivity contribution is 5.36. The van der Waals surface area contributed by atoms with E-state index >= 15 is 0 Å². The van der Waals surface area contributed by atoms with Gasteiger partial charge < -0.3 is 4.84 Å². The maximum atomic E-state index is 9.20. The van der Waals surface area contributed by atoms with Crippen molar-refractivity contribution in [3.8, 4) is 0 Å². The second-order valence-electron chi connectivity index (χ2n) is 0.502. The summed E-state index contributed by atoms with van der Waals surface area (Å²) in [7, 11) is 1.34. The summed E-state index contributed by atoms with van der Waals surface area (Å²) in [6.07, 6.45) is 0. The lowest BCUT2D eigenvalue weighted by Gasteiger charge is -1.90. The van der Waals surface area contributed by atoms with Crippen LogP contribution in [0.1, 0.15) is 0 Å². The molecule has 4 heteroatoms. The summed E-state index contributed by atoms with van der Waals surface area (Å²) in [4.78, 5) is 17.1. The van der Waals surface area contributed by atoms with Gasteiger partial charge in [0, 0.05) is 0 Å². The number of rotatable bonds is 3. The van der Waals surface area contributed by atoms with Crippen molar-refractivity contribution in [3.63, 3.8) is 0 Å². The minimum Gasteiger partial charge on any atom is -0.348 e. The van der Waals surface area contributed by atoms with Gasteiger partial charge in [0.15, 0.2) is 0 Å². The minimum atomic E-state index is 0.226. The van der Waals surface area contributed by atoms with Crippen LogP contribution in [0.2, 0.25) is 0 Å². The molecule has 0 aliphatic rings. The third kappa shape index (κ3) is 3.39. The standard InChI is InChI=1S/C2H5NO3/c1-5-3-6-2-4/h2-3H,1H3. The van der Waals surface area contributed by atoms with Crippen LogP contribution in [0.3, 0.4) is 0 Å². The third-order valence-corrected chi connectivity index (χ3v) is 0.180. The molecular formula is C2H5NO3. The predicted molar refractivity (Wildman–Crippen MR) is 17.3 cm³/mol. The zero-order valence-electron chi connectivity index (χ0n) is 3.30. The van der Waals surface area contributed by atoms with Gasteiger partial charge in [-0.3, -0.25) is 9.63 Å². The molecule has 0 unspecified atom stereocenters. The van der Waals surface area contributed by atoms with Gasteiger partial charge in [-0.1, -0.05) is 0 Å². The normalized spacial score (nSPS) is 7.50. The van der Waals surface area contributed by atoms with Gasteiger partial charge in [-0.2, -0.15) is 0 Å². The number of nitrogens with one attached hydrogen (secondary N) is 1. The molecule has 0 atom stereocenters. The van der Waals surface area contributed by atoms with Crippen LogP contribution in [0.25, 0.3) is 0 Å². The first kappa shape index (κ1) is 5.39. The molecule has 0 aromatic heterocycles. The minimum absolute atomic E-state index is 0.226. The quantitative estimate of drug-likeness (QED) is 0.281. The van der Waals surface area contributed by atoms with Crippen LogP contribution in [0.5, 0.6) is 0 Å². The second kappa shape index (κ2) is 4.39. The summed E-state index contributed by atoms with van der Waals surface area (Å²) < 4.78 is 0. The Balaban J connectivity index is 2.49. The molecule has 0 amide bonds. The fourth-order valence-corrected chi connectivity index (χ4v) is 0.0678. The number of carbonyl (C=O) groups is 1. The van der Waals surface area contributed by atoms with E-state index in [1.807, 2.05) is 5.64 Å². The molecule has 36 valence electrons. The highest BCUT2D eigenvalue weighted by atomic mass is 16.9. The van der Waals surface area contributed by atoms with Crippen molar-refractivity contribution >= 4 is 6.47 Å². The smallest absolute Gasteiger partial charge is 0.315 e. The van der Waals surface area contributed by atoms with Gasteiger partial charge in [-0.25, -0.2) is 0 Å². The van der Waals surface area contributed by atoms with E-state index in [1.54, 1.807) is 0 Å². The molecule has 0 aliphatic heterocycles. The van der Waals surface area contributed by atoms with Crippen molar-refractivity contribution in [1.82, 2.24) is 5.64 Å². The summed E-state index contributed by atoms with van der Waals surface area (Å²) in [6, 6.07) is 0. The van der Waals surface area contributed by atoms with Crippen LogP contribution >= 0.6 is 0 Å². The van der Waals surface area contributed by atoms with Gasteiger partial charge in [0.25, 0.3) is 0 Å². The van der Waals surface area contributed by atoms with E-state index in [9.17, 15) is 4.79 Å². The Morgan fingerprint density at radius 2 is 2.50 bits per heavy atom. The summed E-state index contributed by atoms with van der Waals surface area (Å²) in [6.45, 7) is 0.226. The highest BCUT2D eigenvalue weighted by Crippen LogP contribution is 1.49. The molecule has 0 aromatic rings. The Bertz CT molecular complexity index is 37.8. The second-order valence-corrected chi connectivity index (χ2v) is 0.502. The molecule has 0 aromatic carbocycles. The molecule has 6 heavy (non-hydrogen) atoms. The van der Waals surface area contributed by atoms with Crippen LogP contribution in [0, 0.1) is 0 Å². The molecule has 0 aliphatic carbocycles. The van der Waals surface area contributed by atoms with Crippen LogP contribution in [-0.4, -0.2) is 13.6 Å². The molecule has 0 bridgehead atoms. The Kier molecular flexibility index (Phi) is 3.94. The van der Waals surface area contributed by atoms with Crippen LogP contribution < -0.4 is 5.64 Å². The molecule has 1 N–H and O–H groups in total. The van der Waals surface area contributed by atoms with E-state index in [0.717, 1.165) is 0 Å². The Hall–Kier alpha value is -0.610. The van der Waals surface area contributed by atoms with Gasteiger partial charge in [-0.15, -0.1) is 0 Å². The van der Waals surface area contributed by atoms with E-state index in [-0.39, 0.29) is 6.47 Å². The van der Waals surface area contributed by atoms with Crippen molar-refractivity contribution in [2.45, 2.75) is 0 Å². The van der Waals surface area contributed by atoms with E-state index in [4.69, 9.17) is 0 Å². The maximum absolute atomic E-state index is 9.20. The average Bonchev–Trinajstić information content (AvgIpc) is 1.61. The van der Waals surface area contributed by atoms with Gasteiger partial charge in [0.2, 0.25) is 0 Å². The van der Waals surface area contributed by atoms with Crippen molar-refractivity contribution in [2.24, 2.45) is 0 Å². The van der Waals surface area contributed by atoms with Crippen molar-refractivity contribution in [1.29, 1.82) is 0 Å². The Morgan fingerprint density at radius 1 is 1.83 bits per heavy atom. The van der Waals surface area contributed by atoms with Crippen molar-refractivity contribution in [2.75, 3.05) is 7.11 Å². The Morgan fingerprint density at radius 3 is 2.67 bits per heavy atom. The number of hydrogen-bond donors (Lipinski definition) is 1. The molecule has 0 heterocycles. The van der Waals surface area contributed by atoms with Gasteiger partial charge in [0.1, 0.15) is 0 Å². The fourth-order valence-electron chi connectivity index (χ4n) is 0.0678. The number of carbonyl (C=O) groups excluding carboxylic acids is 1. The van der Waals surface area contributed by atoms with E-state index in [0.29, 0.717) is 0 Å². The van der Waals surface area contributed by atoms with Gasteiger partial charge >= 0.3 is 6.47 Å². The summed E-state index contributed by atoms with van der Waals surface area (Å²) in [5, 5.41) is 0. The van der Waals surface area contributed by atoms with Crippen LogP contribution in [-0.2, 0) is 14.5 Å². The lowest BCUT2D eigenvalue weighted by Crippen LogP contribution is -2.10. The van der Waals surface area contributed by atoms with Crippen molar-refractivity contribution in [3.05, 3.63) is 0 Å². The monoisotopic (exact) mass is 91.0 g/mol. The summed E-state index contributed by atoms with van der Waals surface area (Å²) >= 11 is 0. The molecule has 4 nitrogen and oxygen atoms in total. The van der Waals surface area contributed by atoms with E-state index in [1.165, 1.54) is 7.11 Å². The highest BCUT2D eigenvalue weighted by Gasteiger charge is 1.66. The van der Waals surface area contributed by atoms with Gasteiger partial charge in [0.05, 0.1) is 7.11 Å². The zero-order chi connectivity index (χ0) is 4.83. The largest absolute Gasteiger partial charge is 0.348 e. The Labute approximate surface area is 35.0 Å². The van der Waals surface area contributed by atoms with Crippen molar-refractivity contribution < 1.29 is 14.5 Å². The zero-order valence-corrected chi connectivity index (χ0v) is 3.30. The molecule has 0 saturated heterocycles. The molecular weight excluding hydrogens is 86.0 g/mol. The lowest BCUT2D eigenvalue weighted by molar-refractivity contribution is -0.168. The summed E-state index contributed by atoms with van der Waals surface area (Å²) in [5.74, 6) is 0. The van der Waals surface area contributed by atoms with Crippen LogP contribution in [0.4, 0.5) is 0 Å². The van der Waals surface area contributed by atoms with E-state index in [2.05, 4.69) is 9.68 Å². The SMILES string of the molecule is CONOC=O. The van der Waals surface area contributed by atoms with Crippen LogP contribution in [0.15, 0.2) is 0 Å². The number of hydrogen-bond acceptors (Lipinski definition) is 4. The summed E-state index contributed by atoms with van der Waals surface area (Å²) in [5.41, 5.74) is 1.83. The van der Waals surface area contributed by atoms with E-state index < -0.39 is 0 Å². The molecule has 0 saturated carbocycles. The predicted octanol–water partition coefficient (Wildman–Crippen LogP) is -0.775. The fraction of sp³-hybridized carbons (Fsp3) is 0.500. The molecule has 0 fully saturated rings. The van der Waals surface area contributed by atoms with Gasteiger partial charge in [-0.05, 0) is 5.64 Å². The molecule has 0 radical (unpaired) electrons. The first-order valence-electron chi connectivity index (χ1n) is 1.29. The third-order valence-electron chi connectivity index (χ3n) is 0.180.